The lowest BCUT2D eigenvalue weighted by Gasteiger charge is -2.18. The van der Waals surface area contributed by atoms with Crippen molar-refractivity contribution in [2.75, 3.05) is 0 Å². The fourth-order valence-corrected chi connectivity index (χ4v) is 8.82. The molecule has 0 amide bonds. The molecule has 0 saturated carbocycles. The molecule has 1 heteroatoms. The first-order valence-corrected chi connectivity index (χ1v) is 18.1. The number of fused-ring (bicyclic) bond motifs is 10. The second-order valence-corrected chi connectivity index (χ2v) is 14.2. The Labute approximate surface area is 301 Å². The molecule has 1 aromatic heterocycles. The van der Waals surface area contributed by atoms with Gasteiger partial charge in [-0.3, -0.25) is 0 Å². The number of hydrogen-bond donors (Lipinski definition) is 0. The third kappa shape index (κ3) is 4.23. The molecule has 0 radical (unpaired) electrons. The van der Waals surface area contributed by atoms with Gasteiger partial charge in [-0.1, -0.05) is 151 Å². The van der Waals surface area contributed by atoms with Crippen molar-refractivity contribution >= 4 is 75.7 Å². The zero-order valence-corrected chi connectivity index (χ0v) is 28.8. The lowest BCUT2D eigenvalue weighted by molar-refractivity contribution is 1.18. The Balaban J connectivity index is 1.17. The van der Waals surface area contributed by atoms with Crippen molar-refractivity contribution < 1.29 is 0 Å². The lowest BCUT2D eigenvalue weighted by atomic mass is 9.86. The number of aromatic nitrogens is 1. The maximum atomic E-state index is 2.46. The van der Waals surface area contributed by atoms with Crippen LogP contribution in [0.3, 0.4) is 0 Å². The van der Waals surface area contributed by atoms with Gasteiger partial charge in [-0.2, -0.15) is 0 Å². The van der Waals surface area contributed by atoms with E-state index < -0.39 is 0 Å². The van der Waals surface area contributed by atoms with Crippen molar-refractivity contribution in [1.82, 2.24) is 4.57 Å². The second-order valence-electron chi connectivity index (χ2n) is 14.2. The van der Waals surface area contributed by atoms with Gasteiger partial charge in [0.25, 0.3) is 0 Å². The van der Waals surface area contributed by atoms with Crippen molar-refractivity contribution in [3.8, 4) is 27.9 Å². The molecule has 0 unspecified atom stereocenters. The fourth-order valence-electron chi connectivity index (χ4n) is 8.82. The highest BCUT2D eigenvalue weighted by molar-refractivity contribution is 6.29. The van der Waals surface area contributed by atoms with E-state index in [1.54, 1.807) is 0 Å². The highest BCUT2D eigenvalue weighted by atomic mass is 15.0. The summed E-state index contributed by atoms with van der Waals surface area (Å²) in [5.74, 6) is 0. The van der Waals surface area contributed by atoms with Crippen LogP contribution in [0, 0.1) is 6.92 Å². The van der Waals surface area contributed by atoms with Gasteiger partial charge in [-0.05, 0) is 119 Å². The third-order valence-corrected chi connectivity index (χ3v) is 11.2. The number of aryl methyl sites for hydroxylation is 1. The first-order valence-electron chi connectivity index (χ1n) is 18.1. The van der Waals surface area contributed by atoms with E-state index in [9.17, 15) is 0 Å². The van der Waals surface area contributed by atoms with Gasteiger partial charge in [0.2, 0.25) is 0 Å². The monoisotopic (exact) mass is 659 g/mol. The highest BCUT2D eigenvalue weighted by Gasteiger charge is 2.19. The zero-order valence-electron chi connectivity index (χ0n) is 28.8. The number of rotatable bonds is 3. The molecular weight excluding hydrogens is 627 g/mol. The molecule has 11 rings (SSSR count). The van der Waals surface area contributed by atoms with Crippen molar-refractivity contribution in [3.05, 3.63) is 188 Å². The van der Waals surface area contributed by atoms with Gasteiger partial charge in [0.05, 0.1) is 11.0 Å². The molecule has 11 aromatic rings. The molecule has 0 N–H and O–H groups in total. The Bertz CT molecular complexity index is 3160. The van der Waals surface area contributed by atoms with Crippen LogP contribution >= 0.6 is 0 Å². The van der Waals surface area contributed by atoms with Crippen LogP contribution in [0.1, 0.15) is 5.56 Å². The van der Waals surface area contributed by atoms with Gasteiger partial charge in [0.1, 0.15) is 0 Å². The van der Waals surface area contributed by atoms with Crippen LogP contribution in [0.15, 0.2) is 182 Å². The van der Waals surface area contributed by atoms with Crippen molar-refractivity contribution in [1.29, 1.82) is 0 Å². The molecule has 0 saturated heterocycles. The summed E-state index contributed by atoms with van der Waals surface area (Å²) in [4.78, 5) is 0. The van der Waals surface area contributed by atoms with Crippen LogP contribution in [0.25, 0.3) is 104 Å². The van der Waals surface area contributed by atoms with Crippen molar-refractivity contribution in [2.45, 2.75) is 6.92 Å². The van der Waals surface area contributed by atoms with E-state index in [0.717, 1.165) is 5.69 Å². The molecule has 10 aromatic carbocycles. The molecule has 1 heterocycles. The number of hydrogen-bond acceptors (Lipinski definition) is 0. The van der Waals surface area contributed by atoms with Gasteiger partial charge < -0.3 is 4.57 Å². The summed E-state index contributed by atoms with van der Waals surface area (Å²) >= 11 is 0. The van der Waals surface area contributed by atoms with Gasteiger partial charge in [-0.25, -0.2) is 0 Å². The molecule has 0 aliphatic rings. The van der Waals surface area contributed by atoms with E-state index in [1.807, 2.05) is 0 Å². The molecule has 1 nitrogen and oxygen atoms in total. The van der Waals surface area contributed by atoms with Gasteiger partial charge in [0.15, 0.2) is 0 Å². The SMILES string of the molecule is Cc1ccc(-c2c3ccccc3c(-c3ccc(-n4c5ccc6ccccc6c5c5c6cc7ccccc7cc6ccc54)cc3)c3ccccc23)cc1. The minimum Gasteiger partial charge on any atom is -0.309 e. The molecule has 0 spiro atoms. The van der Waals surface area contributed by atoms with Crippen LogP contribution < -0.4 is 0 Å². The lowest BCUT2D eigenvalue weighted by Crippen LogP contribution is -1.95. The minimum absolute atomic E-state index is 1.16. The predicted octanol–water partition coefficient (Wildman–Crippen LogP) is 14.2. The average molecular weight is 660 g/mol. The zero-order chi connectivity index (χ0) is 34.3. The van der Waals surface area contributed by atoms with E-state index in [0.29, 0.717) is 0 Å². The Morgan fingerprint density at radius 1 is 0.327 bits per heavy atom. The normalized spacial score (nSPS) is 11.9. The summed E-state index contributed by atoms with van der Waals surface area (Å²) in [6, 6.07) is 67.5. The summed E-state index contributed by atoms with van der Waals surface area (Å²) in [6.45, 7) is 2.15. The number of nitrogens with zero attached hydrogens (tertiary/aromatic N) is 1. The minimum atomic E-state index is 1.16. The smallest absolute Gasteiger partial charge is 0.0547 e. The van der Waals surface area contributed by atoms with E-state index in [2.05, 4.69) is 193 Å². The second kappa shape index (κ2) is 11.2. The molecule has 242 valence electrons. The van der Waals surface area contributed by atoms with Crippen LogP contribution in [-0.2, 0) is 0 Å². The van der Waals surface area contributed by atoms with Gasteiger partial charge in [0, 0.05) is 16.5 Å². The van der Waals surface area contributed by atoms with E-state index in [-0.39, 0.29) is 0 Å². The molecule has 0 bridgehead atoms. The summed E-state index contributed by atoms with van der Waals surface area (Å²) in [7, 11) is 0. The first kappa shape index (κ1) is 29.1. The molecule has 0 fully saturated rings. The van der Waals surface area contributed by atoms with Gasteiger partial charge >= 0.3 is 0 Å². The average Bonchev–Trinajstić information content (AvgIpc) is 3.55. The van der Waals surface area contributed by atoms with Crippen LogP contribution in [-0.4, -0.2) is 4.57 Å². The molecule has 0 aliphatic heterocycles. The van der Waals surface area contributed by atoms with E-state index in [4.69, 9.17) is 0 Å². The first-order chi connectivity index (χ1) is 25.7. The maximum absolute atomic E-state index is 2.46. The molecule has 52 heavy (non-hydrogen) atoms. The Hall–Kier alpha value is -6.70. The quantitative estimate of drug-likeness (QED) is 0.166. The maximum Gasteiger partial charge on any atom is 0.0547 e. The largest absolute Gasteiger partial charge is 0.309 e. The Kier molecular flexibility index (Phi) is 6.23. The van der Waals surface area contributed by atoms with Crippen LogP contribution in [0.4, 0.5) is 0 Å². The molecule has 0 aliphatic carbocycles. The molecule has 0 atom stereocenters. The number of benzene rings is 10. The summed E-state index contributed by atoms with van der Waals surface area (Å²) in [5.41, 5.74) is 9.91. The summed E-state index contributed by atoms with van der Waals surface area (Å²) in [6.07, 6.45) is 0. The van der Waals surface area contributed by atoms with Crippen molar-refractivity contribution in [3.63, 3.8) is 0 Å². The van der Waals surface area contributed by atoms with Crippen molar-refractivity contribution in [2.24, 2.45) is 0 Å². The molecular formula is C51H33N. The van der Waals surface area contributed by atoms with Crippen LogP contribution in [0.5, 0.6) is 0 Å². The predicted molar refractivity (Wildman–Crippen MR) is 224 cm³/mol. The Morgan fingerprint density at radius 2 is 0.769 bits per heavy atom. The standard InChI is InChI=1S/C51H33N/c1-32-18-20-34(21-19-32)48-41-14-6-8-16-43(41)49(44-17-9-7-15-42(44)48)35-22-26-39(27-23-35)52-46-28-24-33-10-4-5-13-40(33)50(46)51-45-31-37-12-3-2-11-36(37)30-38(45)25-29-47(51)52/h2-31H,1H3. The fraction of sp³-hybridized carbons (Fsp3) is 0.0196. The third-order valence-electron chi connectivity index (χ3n) is 11.2. The summed E-state index contributed by atoms with van der Waals surface area (Å²) < 4.78 is 2.46. The van der Waals surface area contributed by atoms with Gasteiger partial charge in [-0.15, -0.1) is 0 Å². The van der Waals surface area contributed by atoms with Crippen LogP contribution in [0.2, 0.25) is 0 Å². The van der Waals surface area contributed by atoms with E-state index in [1.165, 1.54) is 103 Å². The topological polar surface area (TPSA) is 4.93 Å². The summed E-state index contributed by atoms with van der Waals surface area (Å²) in [5, 5.41) is 15.3. The Morgan fingerprint density at radius 3 is 1.35 bits per heavy atom. The van der Waals surface area contributed by atoms with E-state index >= 15 is 0 Å². The highest BCUT2D eigenvalue weighted by Crippen LogP contribution is 2.45.